The lowest BCUT2D eigenvalue weighted by atomic mass is 9.93. The number of methoxy groups -OCH3 is 1. The van der Waals surface area contributed by atoms with E-state index in [0.717, 1.165) is 43.3 Å². The van der Waals surface area contributed by atoms with Crippen LogP contribution in [0, 0.1) is 5.92 Å². The van der Waals surface area contributed by atoms with Crippen LogP contribution >= 0.6 is 11.8 Å². The van der Waals surface area contributed by atoms with E-state index < -0.39 is 0 Å². The minimum Gasteiger partial charge on any atom is -0.453 e. The fourth-order valence-electron chi connectivity index (χ4n) is 3.17. The Balaban J connectivity index is 1.54. The predicted molar refractivity (Wildman–Crippen MR) is 94.5 cm³/mol. The lowest BCUT2D eigenvalue weighted by molar-refractivity contribution is 0.0650. The second-order valence-corrected chi connectivity index (χ2v) is 7.07. The van der Waals surface area contributed by atoms with Gasteiger partial charge in [-0.3, -0.25) is 4.79 Å². The standard InChI is InChI=1S/C17H24N4O3S/c1-20-15(18-19-17(20)25-3)10-12-6-8-21(9-7-12)16(22)14-5-4-13(24-14)11-23-2/h4-5,12H,6-11H2,1-3H3. The van der Waals surface area contributed by atoms with E-state index >= 15 is 0 Å². The molecule has 2 aromatic rings. The summed E-state index contributed by atoms with van der Waals surface area (Å²) in [5, 5.41) is 9.41. The molecule has 136 valence electrons. The topological polar surface area (TPSA) is 73.4 Å². The zero-order valence-corrected chi connectivity index (χ0v) is 15.7. The van der Waals surface area contributed by atoms with E-state index in [9.17, 15) is 4.79 Å². The van der Waals surface area contributed by atoms with E-state index in [0.29, 0.717) is 24.0 Å². The van der Waals surface area contributed by atoms with Crippen molar-refractivity contribution in [2.45, 2.75) is 31.0 Å². The predicted octanol–water partition coefficient (Wildman–Crippen LogP) is 2.37. The number of carbonyl (C=O) groups excluding carboxylic acids is 1. The number of amides is 1. The maximum atomic E-state index is 12.5. The molecule has 0 bridgehead atoms. The van der Waals surface area contributed by atoms with Crippen LogP contribution in [-0.4, -0.2) is 52.0 Å². The van der Waals surface area contributed by atoms with Crippen LogP contribution in [0.2, 0.25) is 0 Å². The van der Waals surface area contributed by atoms with Gasteiger partial charge in [0.15, 0.2) is 10.9 Å². The van der Waals surface area contributed by atoms with Crippen LogP contribution in [-0.2, 0) is 24.8 Å². The van der Waals surface area contributed by atoms with Crippen LogP contribution < -0.4 is 0 Å². The number of furan rings is 1. The Morgan fingerprint density at radius 2 is 2.12 bits per heavy atom. The molecule has 0 radical (unpaired) electrons. The van der Waals surface area contributed by atoms with Crippen molar-refractivity contribution in [3.63, 3.8) is 0 Å². The largest absolute Gasteiger partial charge is 0.453 e. The summed E-state index contributed by atoms with van der Waals surface area (Å²) in [5.41, 5.74) is 0. The first-order chi connectivity index (χ1) is 12.1. The van der Waals surface area contributed by atoms with E-state index in [1.54, 1.807) is 31.0 Å². The summed E-state index contributed by atoms with van der Waals surface area (Å²) in [5.74, 6) is 2.58. The van der Waals surface area contributed by atoms with Crippen LogP contribution in [0.15, 0.2) is 21.7 Å². The van der Waals surface area contributed by atoms with Crippen molar-refractivity contribution in [2.24, 2.45) is 13.0 Å². The van der Waals surface area contributed by atoms with Gasteiger partial charge in [0.25, 0.3) is 5.91 Å². The van der Waals surface area contributed by atoms with Gasteiger partial charge in [-0.05, 0) is 37.1 Å². The fraction of sp³-hybridized carbons (Fsp3) is 0.588. The van der Waals surface area contributed by atoms with Gasteiger partial charge in [-0.25, -0.2) is 0 Å². The second kappa shape index (κ2) is 8.05. The highest BCUT2D eigenvalue weighted by molar-refractivity contribution is 7.98. The average Bonchev–Trinajstić information content (AvgIpc) is 3.23. The minimum absolute atomic E-state index is 0.0378. The molecule has 2 aromatic heterocycles. The summed E-state index contributed by atoms with van der Waals surface area (Å²) in [6.07, 6.45) is 4.85. The van der Waals surface area contributed by atoms with Gasteiger partial charge in [-0.15, -0.1) is 10.2 Å². The Morgan fingerprint density at radius 1 is 1.36 bits per heavy atom. The fourth-order valence-corrected chi connectivity index (χ4v) is 3.67. The molecule has 0 saturated carbocycles. The van der Waals surface area contributed by atoms with Gasteiger partial charge in [-0.1, -0.05) is 11.8 Å². The van der Waals surface area contributed by atoms with Crippen molar-refractivity contribution in [3.8, 4) is 0 Å². The molecule has 0 aromatic carbocycles. The Bertz CT molecular complexity index is 719. The highest BCUT2D eigenvalue weighted by atomic mass is 32.2. The Kier molecular flexibility index (Phi) is 5.80. The van der Waals surface area contributed by atoms with E-state index in [4.69, 9.17) is 9.15 Å². The van der Waals surface area contributed by atoms with Gasteiger partial charge >= 0.3 is 0 Å². The molecule has 25 heavy (non-hydrogen) atoms. The lowest BCUT2D eigenvalue weighted by Gasteiger charge is -2.31. The molecular weight excluding hydrogens is 340 g/mol. The molecule has 3 rings (SSSR count). The summed E-state index contributed by atoms with van der Waals surface area (Å²) in [4.78, 5) is 14.4. The molecule has 8 heteroatoms. The van der Waals surface area contributed by atoms with Crippen LogP contribution in [0.5, 0.6) is 0 Å². The van der Waals surface area contributed by atoms with Crippen molar-refractivity contribution in [3.05, 3.63) is 29.5 Å². The average molecular weight is 364 g/mol. The number of rotatable bonds is 6. The van der Waals surface area contributed by atoms with E-state index in [1.165, 1.54) is 0 Å². The van der Waals surface area contributed by atoms with Crippen LogP contribution in [0.4, 0.5) is 0 Å². The summed E-state index contributed by atoms with van der Waals surface area (Å²) < 4.78 is 12.6. The van der Waals surface area contributed by atoms with Crippen LogP contribution in [0.25, 0.3) is 0 Å². The first-order valence-corrected chi connectivity index (χ1v) is 9.64. The van der Waals surface area contributed by atoms with Gasteiger partial charge < -0.3 is 18.6 Å². The SMILES string of the molecule is COCc1ccc(C(=O)N2CCC(Cc3nnc(SC)n3C)CC2)o1. The Labute approximate surface area is 151 Å². The van der Waals surface area contributed by atoms with Crippen molar-refractivity contribution >= 4 is 17.7 Å². The Hall–Kier alpha value is -1.80. The van der Waals surface area contributed by atoms with Crippen molar-refractivity contribution in [1.82, 2.24) is 19.7 Å². The molecule has 1 saturated heterocycles. The molecule has 0 aliphatic carbocycles. The number of ether oxygens (including phenoxy) is 1. The number of thioether (sulfide) groups is 1. The van der Waals surface area contributed by atoms with Gasteiger partial charge in [0.05, 0.1) is 0 Å². The molecule has 0 N–H and O–H groups in total. The molecule has 1 aliphatic rings. The Morgan fingerprint density at radius 3 is 2.76 bits per heavy atom. The summed E-state index contributed by atoms with van der Waals surface area (Å²) >= 11 is 1.60. The minimum atomic E-state index is -0.0378. The highest BCUT2D eigenvalue weighted by Crippen LogP contribution is 2.24. The van der Waals surface area contributed by atoms with Crippen molar-refractivity contribution in [2.75, 3.05) is 26.5 Å². The number of nitrogens with zero attached hydrogens (tertiary/aromatic N) is 4. The monoisotopic (exact) mass is 364 g/mol. The van der Waals surface area contributed by atoms with E-state index in [-0.39, 0.29) is 5.91 Å². The van der Waals surface area contributed by atoms with Gasteiger partial charge in [-0.2, -0.15) is 0 Å². The summed E-state index contributed by atoms with van der Waals surface area (Å²) in [6, 6.07) is 3.52. The number of piperidine rings is 1. The quantitative estimate of drug-likeness (QED) is 0.733. The zero-order valence-electron chi connectivity index (χ0n) is 14.9. The number of aromatic nitrogens is 3. The third-order valence-corrected chi connectivity index (χ3v) is 5.36. The van der Waals surface area contributed by atoms with E-state index in [2.05, 4.69) is 14.8 Å². The highest BCUT2D eigenvalue weighted by Gasteiger charge is 2.26. The lowest BCUT2D eigenvalue weighted by Crippen LogP contribution is -2.38. The number of hydrogen-bond donors (Lipinski definition) is 0. The molecule has 3 heterocycles. The normalized spacial score (nSPS) is 15.7. The number of hydrogen-bond acceptors (Lipinski definition) is 6. The first-order valence-electron chi connectivity index (χ1n) is 8.41. The van der Waals surface area contributed by atoms with Crippen molar-refractivity contribution in [1.29, 1.82) is 0 Å². The second-order valence-electron chi connectivity index (χ2n) is 6.30. The maximum absolute atomic E-state index is 12.5. The zero-order chi connectivity index (χ0) is 17.8. The molecular formula is C17H24N4O3S. The van der Waals surface area contributed by atoms with E-state index in [1.807, 2.05) is 18.2 Å². The maximum Gasteiger partial charge on any atom is 0.289 e. The van der Waals surface area contributed by atoms with Gasteiger partial charge in [0.1, 0.15) is 18.2 Å². The molecule has 1 fully saturated rings. The summed E-state index contributed by atoms with van der Waals surface area (Å²) in [6.45, 7) is 1.87. The van der Waals surface area contributed by atoms with Crippen molar-refractivity contribution < 1.29 is 13.9 Å². The van der Waals surface area contributed by atoms with Crippen LogP contribution in [0.3, 0.4) is 0 Å². The number of likely N-dealkylation sites (tertiary alicyclic amines) is 1. The number of carbonyl (C=O) groups is 1. The molecule has 1 amide bonds. The first kappa shape index (κ1) is 18.0. The molecule has 1 aliphatic heterocycles. The van der Waals surface area contributed by atoms with Crippen LogP contribution in [0.1, 0.15) is 35.0 Å². The smallest absolute Gasteiger partial charge is 0.289 e. The van der Waals surface area contributed by atoms with Gasteiger partial charge in [0, 0.05) is 33.7 Å². The summed E-state index contributed by atoms with van der Waals surface area (Å²) in [7, 11) is 3.61. The third-order valence-electron chi connectivity index (χ3n) is 4.64. The molecule has 0 unspecified atom stereocenters. The molecule has 0 spiro atoms. The molecule has 7 nitrogen and oxygen atoms in total. The van der Waals surface area contributed by atoms with Gasteiger partial charge in [0.2, 0.25) is 0 Å². The third kappa shape index (κ3) is 4.07. The molecule has 0 atom stereocenters.